The molecule has 6 heteroatoms. The molecule has 0 aromatic heterocycles. The van der Waals surface area contributed by atoms with Gasteiger partial charge in [0, 0.05) is 5.56 Å². The molecule has 108 valence electrons. The minimum absolute atomic E-state index is 0.145. The fourth-order valence-electron chi connectivity index (χ4n) is 1.81. The fraction of sp³-hybridized carbons (Fsp3) is 0.429. The van der Waals surface area contributed by atoms with Crippen molar-refractivity contribution in [2.24, 2.45) is 0 Å². The molecule has 1 N–H and O–H groups in total. The van der Waals surface area contributed by atoms with Crippen molar-refractivity contribution in [2.45, 2.75) is 25.2 Å². The van der Waals surface area contributed by atoms with Gasteiger partial charge in [0.2, 0.25) is 0 Å². The van der Waals surface area contributed by atoms with Gasteiger partial charge in [-0.05, 0) is 0 Å². The zero-order chi connectivity index (χ0) is 14.4. The highest BCUT2D eigenvalue weighted by Crippen LogP contribution is 2.23. The summed E-state index contributed by atoms with van der Waals surface area (Å²) in [4.78, 5) is 21.7. The van der Waals surface area contributed by atoms with Crippen LogP contribution in [0.1, 0.15) is 24.7 Å². The first-order chi connectivity index (χ1) is 9.65. The third kappa shape index (κ3) is 4.32. The Labute approximate surface area is 116 Å². The van der Waals surface area contributed by atoms with Crippen molar-refractivity contribution in [2.75, 3.05) is 13.2 Å². The number of carbonyl (C=O) groups is 2. The molecular formula is C14H16O6. The van der Waals surface area contributed by atoms with Crippen LogP contribution in [0.4, 0.5) is 0 Å². The van der Waals surface area contributed by atoms with Gasteiger partial charge in [-0.2, -0.15) is 0 Å². The van der Waals surface area contributed by atoms with Crippen LogP contribution in [-0.4, -0.2) is 36.4 Å². The van der Waals surface area contributed by atoms with Crippen LogP contribution in [0.3, 0.4) is 0 Å². The average Bonchev–Trinajstić information content (AvgIpc) is 2.47. The van der Waals surface area contributed by atoms with Gasteiger partial charge in [0.25, 0.3) is 0 Å². The van der Waals surface area contributed by atoms with E-state index in [9.17, 15) is 9.59 Å². The standard InChI is InChI=1S/C14H16O6/c15-12(16)6-7-13(17)20-11-8-18-14(19-9-11)10-4-2-1-3-5-10/h1-5,11,14H,6-9H2,(H,15,16). The van der Waals surface area contributed by atoms with Crippen molar-refractivity contribution in [1.82, 2.24) is 0 Å². The van der Waals surface area contributed by atoms with Gasteiger partial charge >= 0.3 is 11.9 Å². The molecule has 0 radical (unpaired) electrons. The molecule has 1 aliphatic rings. The van der Waals surface area contributed by atoms with Crippen molar-refractivity contribution in [3.63, 3.8) is 0 Å². The van der Waals surface area contributed by atoms with E-state index in [1.165, 1.54) is 0 Å². The van der Waals surface area contributed by atoms with E-state index in [2.05, 4.69) is 0 Å². The van der Waals surface area contributed by atoms with E-state index < -0.39 is 24.3 Å². The molecule has 0 atom stereocenters. The van der Waals surface area contributed by atoms with Gasteiger partial charge in [-0.15, -0.1) is 0 Å². The minimum Gasteiger partial charge on any atom is -0.481 e. The third-order valence-corrected chi connectivity index (χ3v) is 2.78. The summed E-state index contributed by atoms with van der Waals surface area (Å²) in [5.41, 5.74) is 0.906. The van der Waals surface area contributed by atoms with Crippen LogP contribution in [0.5, 0.6) is 0 Å². The summed E-state index contributed by atoms with van der Waals surface area (Å²) in [7, 11) is 0. The highest BCUT2D eigenvalue weighted by atomic mass is 16.7. The Bertz CT molecular complexity index is 450. The summed E-state index contributed by atoms with van der Waals surface area (Å²) in [6.45, 7) is 0.469. The van der Waals surface area contributed by atoms with E-state index in [0.29, 0.717) is 0 Å². The lowest BCUT2D eigenvalue weighted by Crippen LogP contribution is -2.35. The number of aliphatic carboxylic acids is 1. The molecule has 20 heavy (non-hydrogen) atoms. The van der Waals surface area contributed by atoms with Crippen molar-refractivity contribution in [1.29, 1.82) is 0 Å². The van der Waals surface area contributed by atoms with Crippen LogP contribution < -0.4 is 0 Å². The Kier molecular flexibility index (Phi) is 5.09. The molecule has 0 unspecified atom stereocenters. The number of rotatable bonds is 5. The van der Waals surface area contributed by atoms with Gasteiger partial charge in [-0.1, -0.05) is 30.3 Å². The summed E-state index contributed by atoms with van der Waals surface area (Å²) in [6, 6.07) is 9.47. The first-order valence-electron chi connectivity index (χ1n) is 6.34. The molecule has 1 aromatic carbocycles. The molecule has 0 amide bonds. The Morgan fingerprint density at radius 1 is 1.15 bits per heavy atom. The van der Waals surface area contributed by atoms with Crippen molar-refractivity contribution >= 4 is 11.9 Å². The maximum atomic E-state index is 11.4. The largest absolute Gasteiger partial charge is 0.481 e. The lowest BCUT2D eigenvalue weighted by Gasteiger charge is -2.29. The molecule has 0 saturated carbocycles. The zero-order valence-corrected chi connectivity index (χ0v) is 10.9. The van der Waals surface area contributed by atoms with Crippen LogP contribution in [0, 0.1) is 0 Å². The molecule has 0 aliphatic carbocycles. The molecular weight excluding hydrogens is 264 g/mol. The number of carboxylic acids is 1. The smallest absolute Gasteiger partial charge is 0.306 e. The Morgan fingerprint density at radius 3 is 2.40 bits per heavy atom. The second kappa shape index (κ2) is 7.02. The van der Waals surface area contributed by atoms with Gasteiger partial charge in [-0.25, -0.2) is 0 Å². The van der Waals surface area contributed by atoms with E-state index in [4.69, 9.17) is 19.3 Å². The second-order valence-electron chi connectivity index (χ2n) is 4.41. The average molecular weight is 280 g/mol. The summed E-state index contributed by atoms with van der Waals surface area (Å²) in [5, 5.41) is 8.47. The number of benzene rings is 1. The molecule has 0 bridgehead atoms. The number of hydrogen-bond acceptors (Lipinski definition) is 5. The maximum Gasteiger partial charge on any atom is 0.306 e. The van der Waals surface area contributed by atoms with Crippen molar-refractivity contribution in [3.8, 4) is 0 Å². The summed E-state index contributed by atoms with van der Waals surface area (Å²) in [5.74, 6) is -1.58. The quantitative estimate of drug-likeness (QED) is 0.823. The SMILES string of the molecule is O=C(O)CCC(=O)OC1COC(c2ccccc2)OC1. The number of ether oxygens (including phenoxy) is 3. The zero-order valence-electron chi connectivity index (χ0n) is 10.9. The molecule has 1 heterocycles. The van der Waals surface area contributed by atoms with Gasteiger partial charge < -0.3 is 19.3 Å². The van der Waals surface area contributed by atoms with E-state index in [1.807, 2.05) is 30.3 Å². The van der Waals surface area contributed by atoms with E-state index in [0.717, 1.165) is 5.56 Å². The molecule has 1 aliphatic heterocycles. The first-order valence-corrected chi connectivity index (χ1v) is 6.34. The lowest BCUT2D eigenvalue weighted by atomic mass is 10.2. The number of esters is 1. The van der Waals surface area contributed by atoms with Gasteiger partial charge in [-0.3, -0.25) is 9.59 Å². The predicted molar refractivity (Wildman–Crippen MR) is 67.8 cm³/mol. The molecule has 1 fully saturated rings. The molecule has 1 saturated heterocycles. The highest BCUT2D eigenvalue weighted by molar-refractivity contribution is 5.76. The Morgan fingerprint density at radius 2 is 1.80 bits per heavy atom. The van der Waals surface area contributed by atoms with Crippen molar-refractivity contribution < 1.29 is 28.9 Å². The number of hydrogen-bond donors (Lipinski definition) is 1. The predicted octanol–water partition coefficient (Wildman–Crippen LogP) is 1.51. The summed E-state index contributed by atoms with van der Waals surface area (Å²) >= 11 is 0. The molecule has 0 spiro atoms. The lowest BCUT2D eigenvalue weighted by molar-refractivity contribution is -0.229. The van der Waals surface area contributed by atoms with Crippen LogP contribution >= 0.6 is 0 Å². The van der Waals surface area contributed by atoms with Crippen LogP contribution in [-0.2, 0) is 23.8 Å². The van der Waals surface area contributed by atoms with Gasteiger partial charge in [0.05, 0.1) is 26.1 Å². The highest BCUT2D eigenvalue weighted by Gasteiger charge is 2.26. The van der Waals surface area contributed by atoms with E-state index >= 15 is 0 Å². The van der Waals surface area contributed by atoms with Crippen LogP contribution in [0.25, 0.3) is 0 Å². The topological polar surface area (TPSA) is 82.1 Å². The van der Waals surface area contributed by atoms with E-state index in [1.54, 1.807) is 0 Å². The van der Waals surface area contributed by atoms with E-state index in [-0.39, 0.29) is 26.1 Å². The summed E-state index contributed by atoms with van der Waals surface area (Å²) < 4.78 is 16.0. The van der Waals surface area contributed by atoms with Gasteiger partial charge in [0.15, 0.2) is 6.29 Å². The third-order valence-electron chi connectivity index (χ3n) is 2.78. The van der Waals surface area contributed by atoms with Crippen LogP contribution in [0.15, 0.2) is 30.3 Å². The van der Waals surface area contributed by atoms with Gasteiger partial charge in [0.1, 0.15) is 6.10 Å². The van der Waals surface area contributed by atoms with Crippen molar-refractivity contribution in [3.05, 3.63) is 35.9 Å². The molecule has 1 aromatic rings. The Hall–Kier alpha value is -1.92. The number of carbonyl (C=O) groups excluding carboxylic acids is 1. The summed E-state index contributed by atoms with van der Waals surface area (Å²) in [6.07, 6.45) is -1.32. The molecule has 6 nitrogen and oxygen atoms in total. The second-order valence-corrected chi connectivity index (χ2v) is 4.41. The maximum absolute atomic E-state index is 11.4. The monoisotopic (exact) mass is 280 g/mol. The Balaban J connectivity index is 1.74. The molecule has 2 rings (SSSR count). The fourth-order valence-corrected chi connectivity index (χ4v) is 1.81. The minimum atomic E-state index is -1.03. The van der Waals surface area contributed by atoms with Crippen LogP contribution in [0.2, 0.25) is 0 Å². The first kappa shape index (κ1) is 14.5. The number of carboxylic acid groups (broad SMARTS) is 1. The normalized spacial score (nSPS) is 22.2.